The van der Waals surface area contributed by atoms with Crippen LogP contribution >= 0.6 is 24.0 Å². The van der Waals surface area contributed by atoms with Gasteiger partial charge in [-0.15, -0.1) is 11.8 Å². The molecule has 1 fully saturated rings. The quantitative estimate of drug-likeness (QED) is 0.613. The first-order valence-corrected chi connectivity index (χ1v) is 10.2. The monoisotopic (exact) mass is 386 g/mol. The molecule has 2 aromatic rings. The van der Waals surface area contributed by atoms with E-state index in [0.29, 0.717) is 5.11 Å². The number of hydrogen-bond donors (Lipinski definition) is 1. The van der Waals surface area contributed by atoms with Gasteiger partial charge in [-0.1, -0.05) is 25.1 Å². The number of thioether (sulfide) groups is 1. The first-order chi connectivity index (χ1) is 12.5. The lowest BCUT2D eigenvalue weighted by atomic mass is 9.80. The van der Waals surface area contributed by atoms with Crippen LogP contribution in [0.5, 0.6) is 11.5 Å². The number of hydrogen-bond acceptors (Lipinski definition) is 4. The van der Waals surface area contributed by atoms with E-state index in [1.165, 1.54) is 4.90 Å². The number of benzene rings is 2. The Balaban J connectivity index is 1.86. The average Bonchev–Trinajstić information content (AvgIpc) is 2.64. The van der Waals surface area contributed by atoms with Crippen LogP contribution in [0.1, 0.15) is 25.5 Å². The minimum atomic E-state index is -0.605. The van der Waals surface area contributed by atoms with Crippen molar-refractivity contribution < 1.29 is 9.47 Å². The van der Waals surface area contributed by atoms with Crippen LogP contribution in [0.25, 0.3) is 0 Å². The third kappa shape index (κ3) is 2.47. The van der Waals surface area contributed by atoms with Crippen LogP contribution in [0, 0.1) is 5.92 Å². The fraction of sp³-hybridized carbons (Fsp3) is 0.350. The summed E-state index contributed by atoms with van der Waals surface area (Å²) in [5.41, 5.74) is 1.51. The molecule has 2 aliphatic rings. The highest BCUT2D eigenvalue weighted by atomic mass is 32.2. The zero-order valence-electron chi connectivity index (χ0n) is 15.3. The number of methoxy groups -OCH3 is 1. The van der Waals surface area contributed by atoms with Crippen molar-refractivity contribution in [3.05, 3.63) is 48.0 Å². The lowest BCUT2D eigenvalue weighted by molar-refractivity contribution is -0.00548. The Hall–Kier alpha value is -1.92. The molecule has 3 atom stereocenters. The van der Waals surface area contributed by atoms with Crippen molar-refractivity contribution in [2.45, 2.75) is 30.5 Å². The molecular formula is C20H22N2O2S2. The smallest absolute Gasteiger partial charge is 0.191 e. The predicted molar refractivity (Wildman–Crippen MR) is 110 cm³/mol. The van der Waals surface area contributed by atoms with Gasteiger partial charge in [-0.25, -0.2) is 0 Å². The topological polar surface area (TPSA) is 33.7 Å². The van der Waals surface area contributed by atoms with Crippen molar-refractivity contribution in [2.75, 3.05) is 18.3 Å². The first-order valence-electron chi connectivity index (χ1n) is 8.60. The molecule has 0 radical (unpaired) electrons. The summed E-state index contributed by atoms with van der Waals surface area (Å²) < 4.78 is 12.2. The minimum Gasteiger partial charge on any atom is -0.493 e. The van der Waals surface area contributed by atoms with Crippen LogP contribution in [0.3, 0.4) is 0 Å². The lowest BCUT2D eigenvalue weighted by Crippen LogP contribution is -2.69. The molecule has 2 heterocycles. The number of fused-ring (bicyclic) bond motifs is 4. The number of ether oxygens (including phenoxy) is 2. The maximum atomic E-state index is 6.60. The standard InChI is InChI=1S/C20H22N2O2S2/c1-12-17-15-9-6-10-16(23-3)18(15)24-20(12,2)22(19(25)21-17)13-7-5-8-14(11-13)26-4/h5-12,17H,1-4H3,(H,21,25)/t12-,17+,20-/m0/s1. The zero-order chi connectivity index (χ0) is 18.5. The van der Waals surface area contributed by atoms with Crippen LogP contribution < -0.4 is 19.7 Å². The molecule has 0 saturated carbocycles. The molecule has 2 bridgehead atoms. The van der Waals surface area contributed by atoms with E-state index in [2.05, 4.69) is 60.7 Å². The van der Waals surface area contributed by atoms with Gasteiger partial charge in [-0.3, -0.25) is 4.90 Å². The van der Waals surface area contributed by atoms with Crippen molar-refractivity contribution in [2.24, 2.45) is 5.92 Å². The molecule has 0 unspecified atom stereocenters. The second-order valence-electron chi connectivity index (χ2n) is 6.79. The fourth-order valence-electron chi connectivity index (χ4n) is 3.90. The third-order valence-electron chi connectivity index (χ3n) is 5.46. The Morgan fingerprint density at radius 3 is 2.77 bits per heavy atom. The summed E-state index contributed by atoms with van der Waals surface area (Å²) in [5.74, 6) is 1.73. The molecule has 0 spiro atoms. The first kappa shape index (κ1) is 17.5. The SMILES string of the molecule is COc1cccc2c1O[C@@]1(C)[C@@H](C)[C@H]2NC(=S)N1c1cccc(SC)c1. The van der Waals surface area contributed by atoms with Crippen molar-refractivity contribution in [3.8, 4) is 11.5 Å². The van der Waals surface area contributed by atoms with Gasteiger partial charge in [0.05, 0.1) is 13.2 Å². The number of nitrogens with one attached hydrogen (secondary N) is 1. The summed E-state index contributed by atoms with van der Waals surface area (Å²) in [6.07, 6.45) is 2.07. The second-order valence-corrected chi connectivity index (χ2v) is 8.05. The fourth-order valence-corrected chi connectivity index (χ4v) is 4.77. The lowest BCUT2D eigenvalue weighted by Gasteiger charge is -2.56. The molecule has 2 aromatic carbocycles. The molecule has 2 aliphatic heterocycles. The van der Waals surface area contributed by atoms with Gasteiger partial charge in [-0.05, 0) is 49.7 Å². The van der Waals surface area contributed by atoms with Crippen molar-refractivity contribution >= 4 is 34.8 Å². The Bertz CT molecular complexity index is 873. The Labute approximate surface area is 163 Å². The zero-order valence-corrected chi connectivity index (χ0v) is 16.9. The van der Waals surface area contributed by atoms with E-state index in [1.807, 2.05) is 12.1 Å². The summed E-state index contributed by atoms with van der Waals surface area (Å²) >= 11 is 7.47. The van der Waals surface area contributed by atoms with E-state index in [-0.39, 0.29) is 12.0 Å². The van der Waals surface area contributed by atoms with E-state index < -0.39 is 5.72 Å². The molecule has 6 heteroatoms. The Kier molecular flexibility index (Phi) is 4.28. The van der Waals surface area contributed by atoms with Gasteiger partial charge in [0.1, 0.15) is 0 Å². The minimum absolute atomic E-state index is 0.0892. The number of rotatable bonds is 3. The van der Waals surface area contributed by atoms with Crippen LogP contribution in [-0.4, -0.2) is 24.2 Å². The summed E-state index contributed by atoms with van der Waals surface area (Å²) in [6.45, 7) is 4.31. The number of para-hydroxylation sites is 1. The van der Waals surface area contributed by atoms with Crippen molar-refractivity contribution in [3.63, 3.8) is 0 Å². The summed E-state index contributed by atoms with van der Waals surface area (Å²) in [5, 5.41) is 4.21. The molecule has 1 N–H and O–H groups in total. The van der Waals surface area contributed by atoms with Gasteiger partial charge in [0.15, 0.2) is 22.3 Å². The van der Waals surface area contributed by atoms with Crippen LogP contribution in [0.2, 0.25) is 0 Å². The highest BCUT2D eigenvalue weighted by Gasteiger charge is 2.54. The van der Waals surface area contributed by atoms with Crippen molar-refractivity contribution in [1.82, 2.24) is 5.32 Å². The number of thiocarbonyl (C=S) groups is 1. The number of anilines is 1. The molecule has 0 aromatic heterocycles. The molecule has 0 aliphatic carbocycles. The highest BCUT2D eigenvalue weighted by molar-refractivity contribution is 7.98. The van der Waals surface area contributed by atoms with E-state index in [9.17, 15) is 0 Å². The Morgan fingerprint density at radius 2 is 2.04 bits per heavy atom. The van der Waals surface area contributed by atoms with E-state index in [1.54, 1.807) is 18.9 Å². The van der Waals surface area contributed by atoms with Crippen LogP contribution in [0.4, 0.5) is 5.69 Å². The molecule has 26 heavy (non-hydrogen) atoms. The molecular weight excluding hydrogens is 364 g/mol. The van der Waals surface area contributed by atoms with E-state index in [4.69, 9.17) is 21.7 Å². The maximum Gasteiger partial charge on any atom is 0.191 e. The van der Waals surface area contributed by atoms with Crippen molar-refractivity contribution in [1.29, 1.82) is 0 Å². The number of nitrogens with zero attached hydrogens (tertiary/aromatic N) is 1. The average molecular weight is 387 g/mol. The second kappa shape index (κ2) is 6.35. The molecule has 136 valence electrons. The summed E-state index contributed by atoms with van der Waals surface area (Å²) in [7, 11) is 1.67. The third-order valence-corrected chi connectivity index (χ3v) is 6.48. The van der Waals surface area contributed by atoms with Gasteiger partial charge < -0.3 is 14.8 Å². The molecule has 1 saturated heterocycles. The molecule has 0 amide bonds. The Morgan fingerprint density at radius 1 is 1.27 bits per heavy atom. The van der Waals surface area contributed by atoms with Gasteiger partial charge in [0, 0.05) is 22.1 Å². The van der Waals surface area contributed by atoms with Crippen LogP contribution in [0.15, 0.2) is 47.4 Å². The van der Waals surface area contributed by atoms with E-state index in [0.717, 1.165) is 22.7 Å². The summed E-state index contributed by atoms with van der Waals surface area (Å²) in [4.78, 5) is 3.29. The normalized spacial score (nSPS) is 26.6. The highest BCUT2D eigenvalue weighted by Crippen LogP contribution is 2.52. The van der Waals surface area contributed by atoms with Gasteiger partial charge in [0.25, 0.3) is 0 Å². The van der Waals surface area contributed by atoms with Crippen LogP contribution in [-0.2, 0) is 0 Å². The molecule has 4 nitrogen and oxygen atoms in total. The molecule has 4 rings (SSSR count). The summed E-state index contributed by atoms with van der Waals surface area (Å²) in [6, 6.07) is 14.5. The largest absolute Gasteiger partial charge is 0.493 e. The van der Waals surface area contributed by atoms with Gasteiger partial charge in [0.2, 0.25) is 0 Å². The predicted octanol–water partition coefficient (Wildman–Crippen LogP) is 4.60. The van der Waals surface area contributed by atoms with Gasteiger partial charge in [-0.2, -0.15) is 0 Å². The van der Waals surface area contributed by atoms with Gasteiger partial charge >= 0.3 is 0 Å². The maximum absolute atomic E-state index is 6.60. The van der Waals surface area contributed by atoms with E-state index >= 15 is 0 Å².